The van der Waals surface area contributed by atoms with E-state index in [1.165, 1.54) is 28.9 Å². The number of rotatable bonds is 6. The van der Waals surface area contributed by atoms with E-state index in [0.717, 1.165) is 31.4 Å². The lowest BCUT2D eigenvalue weighted by Crippen LogP contribution is -2.30. The van der Waals surface area contributed by atoms with Gasteiger partial charge in [-0.05, 0) is 60.2 Å². The standard InChI is InChI=1S/C19H24N2O3S2/c1-12-4-5-14-15(8-12)26-18(17(14)19(23)24-3)20-16(22)10-21(2)9-13-6-7-25-11-13/h6-7,11-12H,4-5,8-10H2,1-3H3,(H,20,22)/t12-/m0/s1. The summed E-state index contributed by atoms with van der Waals surface area (Å²) >= 11 is 3.17. The van der Waals surface area contributed by atoms with Crippen LogP contribution in [0.1, 0.15) is 39.7 Å². The van der Waals surface area contributed by atoms with E-state index >= 15 is 0 Å². The number of carbonyl (C=O) groups excluding carboxylic acids is 2. The van der Waals surface area contributed by atoms with E-state index < -0.39 is 0 Å². The van der Waals surface area contributed by atoms with E-state index in [2.05, 4.69) is 23.7 Å². The van der Waals surface area contributed by atoms with Crippen molar-refractivity contribution >= 4 is 39.6 Å². The van der Waals surface area contributed by atoms with Gasteiger partial charge in [-0.25, -0.2) is 4.79 Å². The van der Waals surface area contributed by atoms with Gasteiger partial charge in [0.1, 0.15) is 5.00 Å². The molecular weight excluding hydrogens is 368 g/mol. The fraction of sp³-hybridized carbons (Fsp3) is 0.474. The number of fused-ring (bicyclic) bond motifs is 1. The van der Waals surface area contributed by atoms with E-state index in [9.17, 15) is 9.59 Å². The number of amides is 1. The molecule has 0 saturated heterocycles. The number of thiophene rings is 2. The van der Waals surface area contributed by atoms with Crippen molar-refractivity contribution in [3.63, 3.8) is 0 Å². The number of likely N-dealkylation sites (N-methyl/N-ethyl adjacent to an activating group) is 1. The maximum Gasteiger partial charge on any atom is 0.341 e. The third-order valence-corrected chi connectivity index (χ3v) is 6.50. The summed E-state index contributed by atoms with van der Waals surface area (Å²) in [6.07, 6.45) is 2.88. The van der Waals surface area contributed by atoms with Crippen LogP contribution >= 0.6 is 22.7 Å². The van der Waals surface area contributed by atoms with Crippen LogP contribution in [0, 0.1) is 5.92 Å². The monoisotopic (exact) mass is 392 g/mol. The molecule has 2 aromatic rings. The normalized spacial score (nSPS) is 16.4. The zero-order valence-electron chi connectivity index (χ0n) is 15.3. The lowest BCUT2D eigenvalue weighted by molar-refractivity contribution is -0.117. The number of esters is 1. The minimum Gasteiger partial charge on any atom is -0.465 e. The maximum atomic E-state index is 12.5. The minimum absolute atomic E-state index is 0.112. The number of hydrogen-bond acceptors (Lipinski definition) is 6. The van der Waals surface area contributed by atoms with Crippen LogP contribution in [0.4, 0.5) is 5.00 Å². The second-order valence-corrected chi connectivity index (χ2v) is 8.78. The molecule has 3 rings (SSSR count). The van der Waals surface area contributed by atoms with Crippen molar-refractivity contribution in [2.75, 3.05) is 26.0 Å². The number of nitrogens with one attached hydrogen (secondary N) is 1. The Morgan fingerprint density at radius 2 is 2.23 bits per heavy atom. The van der Waals surface area contributed by atoms with Crippen LogP contribution in [0.15, 0.2) is 16.8 Å². The molecule has 140 valence electrons. The third kappa shape index (κ3) is 4.34. The van der Waals surface area contributed by atoms with Crippen molar-refractivity contribution in [3.05, 3.63) is 38.4 Å². The highest BCUT2D eigenvalue weighted by Crippen LogP contribution is 2.40. The van der Waals surface area contributed by atoms with Crippen LogP contribution < -0.4 is 5.32 Å². The van der Waals surface area contributed by atoms with Crippen molar-refractivity contribution < 1.29 is 14.3 Å². The molecule has 0 radical (unpaired) electrons. The first-order chi connectivity index (χ1) is 12.5. The number of anilines is 1. The Morgan fingerprint density at radius 1 is 1.42 bits per heavy atom. The van der Waals surface area contributed by atoms with Crippen molar-refractivity contribution in [3.8, 4) is 0 Å². The van der Waals surface area contributed by atoms with E-state index in [1.54, 1.807) is 11.3 Å². The average molecular weight is 393 g/mol. The highest BCUT2D eigenvalue weighted by Gasteiger charge is 2.28. The SMILES string of the molecule is COC(=O)c1c(NC(=O)CN(C)Cc2ccsc2)sc2c1CC[C@H](C)C2. The molecule has 1 N–H and O–H groups in total. The molecule has 0 saturated carbocycles. The number of ether oxygens (including phenoxy) is 1. The van der Waals surface area contributed by atoms with Crippen LogP contribution in [0.2, 0.25) is 0 Å². The van der Waals surface area contributed by atoms with E-state index in [0.29, 0.717) is 16.5 Å². The molecule has 1 aliphatic rings. The fourth-order valence-electron chi connectivity index (χ4n) is 3.32. The van der Waals surface area contributed by atoms with Crippen molar-refractivity contribution in [1.82, 2.24) is 4.90 Å². The van der Waals surface area contributed by atoms with Crippen LogP contribution in [-0.4, -0.2) is 37.5 Å². The zero-order valence-corrected chi connectivity index (χ0v) is 17.0. The zero-order chi connectivity index (χ0) is 18.7. The van der Waals surface area contributed by atoms with Gasteiger partial charge in [-0.15, -0.1) is 11.3 Å². The Kier molecular flexibility index (Phi) is 6.11. The smallest absolute Gasteiger partial charge is 0.341 e. The van der Waals surface area contributed by atoms with Crippen LogP contribution in [-0.2, 0) is 28.9 Å². The predicted molar refractivity (Wildman–Crippen MR) is 106 cm³/mol. The molecule has 0 aliphatic heterocycles. The van der Waals surface area contributed by atoms with E-state index in [-0.39, 0.29) is 18.4 Å². The Bertz CT molecular complexity index is 783. The lowest BCUT2D eigenvalue weighted by atomic mass is 9.88. The number of nitrogens with zero attached hydrogens (tertiary/aromatic N) is 1. The largest absolute Gasteiger partial charge is 0.465 e. The van der Waals surface area contributed by atoms with Crippen LogP contribution in [0.5, 0.6) is 0 Å². The Hall–Kier alpha value is -1.70. The van der Waals surface area contributed by atoms with E-state index in [4.69, 9.17) is 4.74 Å². The molecule has 0 spiro atoms. The molecule has 0 fully saturated rings. The van der Waals surface area contributed by atoms with Gasteiger partial charge < -0.3 is 10.1 Å². The van der Waals surface area contributed by atoms with Crippen LogP contribution in [0.25, 0.3) is 0 Å². The Morgan fingerprint density at radius 3 is 2.92 bits per heavy atom. The van der Waals surface area contributed by atoms with Gasteiger partial charge in [0.05, 0.1) is 19.2 Å². The van der Waals surface area contributed by atoms with Gasteiger partial charge in [-0.2, -0.15) is 11.3 Å². The summed E-state index contributed by atoms with van der Waals surface area (Å²) in [6.45, 7) is 3.22. The Balaban J connectivity index is 1.72. The molecule has 0 unspecified atom stereocenters. The summed E-state index contributed by atoms with van der Waals surface area (Å²) < 4.78 is 4.97. The third-order valence-electron chi connectivity index (χ3n) is 4.60. The van der Waals surface area contributed by atoms with Gasteiger partial charge in [0, 0.05) is 11.4 Å². The summed E-state index contributed by atoms with van der Waals surface area (Å²) in [6, 6.07) is 2.06. The van der Waals surface area contributed by atoms with Crippen molar-refractivity contribution in [1.29, 1.82) is 0 Å². The minimum atomic E-state index is -0.362. The van der Waals surface area contributed by atoms with Gasteiger partial charge >= 0.3 is 5.97 Å². The van der Waals surface area contributed by atoms with E-state index in [1.807, 2.05) is 17.3 Å². The topological polar surface area (TPSA) is 58.6 Å². The predicted octanol–water partition coefficient (Wildman–Crippen LogP) is 3.79. The first-order valence-corrected chi connectivity index (χ1v) is 10.5. The summed E-state index contributed by atoms with van der Waals surface area (Å²) in [5.41, 5.74) is 2.80. The molecule has 0 bridgehead atoms. The summed E-state index contributed by atoms with van der Waals surface area (Å²) in [7, 11) is 3.30. The molecule has 0 aromatic carbocycles. The van der Waals surface area contributed by atoms with Gasteiger partial charge in [-0.1, -0.05) is 6.92 Å². The molecule has 1 atom stereocenters. The molecule has 1 aliphatic carbocycles. The quantitative estimate of drug-likeness (QED) is 0.760. The van der Waals surface area contributed by atoms with Crippen LogP contribution in [0.3, 0.4) is 0 Å². The van der Waals surface area contributed by atoms with Crippen molar-refractivity contribution in [2.24, 2.45) is 5.92 Å². The summed E-state index contributed by atoms with van der Waals surface area (Å²) in [5.74, 6) is 0.130. The lowest BCUT2D eigenvalue weighted by Gasteiger charge is -2.18. The first-order valence-electron chi connectivity index (χ1n) is 8.70. The molecule has 2 heterocycles. The number of methoxy groups -OCH3 is 1. The van der Waals surface area contributed by atoms with Gasteiger partial charge in [0.15, 0.2) is 0 Å². The van der Waals surface area contributed by atoms with Gasteiger partial charge in [0.25, 0.3) is 0 Å². The molecule has 2 aromatic heterocycles. The highest BCUT2D eigenvalue weighted by atomic mass is 32.1. The molecule has 26 heavy (non-hydrogen) atoms. The second kappa shape index (κ2) is 8.33. The molecule has 5 nitrogen and oxygen atoms in total. The molecule has 7 heteroatoms. The van der Waals surface area contributed by atoms with Gasteiger partial charge in [-0.3, -0.25) is 9.69 Å². The Labute approximate surface area is 162 Å². The summed E-state index contributed by atoms with van der Waals surface area (Å²) in [5, 5.41) is 7.69. The second-order valence-electron chi connectivity index (χ2n) is 6.90. The molecular formula is C19H24N2O3S2. The summed E-state index contributed by atoms with van der Waals surface area (Å²) in [4.78, 5) is 27.9. The van der Waals surface area contributed by atoms with Crippen molar-refractivity contribution in [2.45, 2.75) is 32.7 Å². The number of hydrogen-bond donors (Lipinski definition) is 1. The first kappa shape index (κ1) is 19.1. The maximum absolute atomic E-state index is 12.5. The number of carbonyl (C=O) groups is 2. The van der Waals surface area contributed by atoms with Gasteiger partial charge in [0.2, 0.25) is 5.91 Å². The highest BCUT2D eigenvalue weighted by molar-refractivity contribution is 7.17. The average Bonchev–Trinajstić information content (AvgIpc) is 3.20. The fourth-order valence-corrected chi connectivity index (χ4v) is 5.39. The molecule has 1 amide bonds.